The summed E-state index contributed by atoms with van der Waals surface area (Å²) in [5.74, 6) is 0.975. The van der Waals surface area contributed by atoms with E-state index in [1.54, 1.807) is 0 Å². The summed E-state index contributed by atoms with van der Waals surface area (Å²) in [5, 5.41) is 0.207. The number of hydrogen-bond donors (Lipinski definition) is 0. The molecule has 0 bridgehead atoms. The van der Waals surface area contributed by atoms with Crippen LogP contribution in [0.3, 0.4) is 0 Å². The van der Waals surface area contributed by atoms with Crippen LogP contribution in [0.25, 0.3) is 6.08 Å². The first kappa shape index (κ1) is 20.2. The van der Waals surface area contributed by atoms with E-state index in [-0.39, 0.29) is 11.1 Å². The summed E-state index contributed by atoms with van der Waals surface area (Å²) >= 11 is 0. The average Bonchev–Trinajstić information content (AvgIpc) is 2.33. The van der Waals surface area contributed by atoms with E-state index in [1.807, 2.05) is 0 Å². The number of rotatable bonds is 6. The van der Waals surface area contributed by atoms with Gasteiger partial charge in [0.2, 0.25) is 16.6 Å². The summed E-state index contributed by atoms with van der Waals surface area (Å²) in [6, 6.07) is 8.39. The molecule has 0 radical (unpaired) electrons. The highest BCUT2D eigenvalue weighted by Crippen LogP contribution is 2.37. The second kappa shape index (κ2) is 7.37. The molecule has 2 nitrogen and oxygen atoms in total. The van der Waals surface area contributed by atoms with Crippen LogP contribution in [-0.2, 0) is 4.43 Å². The van der Waals surface area contributed by atoms with Crippen molar-refractivity contribution in [3.63, 3.8) is 0 Å². The SMILES string of the molecule is CC(C)O[Si](C)(C)/C=C/c1cccc(O[Si](C)(C)C(C)(C)C)c1. The van der Waals surface area contributed by atoms with E-state index in [1.165, 1.54) is 5.56 Å². The average molecular weight is 351 g/mol. The Bertz CT molecular complexity index is 541. The van der Waals surface area contributed by atoms with Gasteiger partial charge in [-0.3, -0.25) is 0 Å². The van der Waals surface area contributed by atoms with Crippen LogP contribution in [0.15, 0.2) is 30.0 Å². The molecule has 0 aliphatic carbocycles. The van der Waals surface area contributed by atoms with Crippen LogP contribution < -0.4 is 4.43 Å². The van der Waals surface area contributed by atoms with Gasteiger partial charge in [0.25, 0.3) is 0 Å². The highest BCUT2D eigenvalue weighted by Gasteiger charge is 2.38. The molecule has 130 valence electrons. The van der Waals surface area contributed by atoms with Gasteiger partial charge in [-0.2, -0.15) is 0 Å². The molecule has 0 saturated carbocycles. The lowest BCUT2D eigenvalue weighted by Crippen LogP contribution is -2.43. The maximum atomic E-state index is 6.39. The Labute approximate surface area is 145 Å². The molecule has 0 aliphatic heterocycles. The predicted octanol–water partition coefficient (Wildman–Crippen LogP) is 6.25. The molecule has 0 N–H and O–H groups in total. The van der Waals surface area contributed by atoms with Crippen LogP contribution in [0.4, 0.5) is 0 Å². The Kier molecular flexibility index (Phi) is 6.47. The zero-order chi connectivity index (χ0) is 17.9. The molecule has 0 heterocycles. The van der Waals surface area contributed by atoms with E-state index in [2.05, 4.69) is 96.8 Å². The van der Waals surface area contributed by atoms with Crippen LogP contribution in [0, 0.1) is 0 Å². The lowest BCUT2D eigenvalue weighted by molar-refractivity contribution is 0.238. The minimum absolute atomic E-state index is 0.207. The molecule has 0 fully saturated rings. The van der Waals surface area contributed by atoms with Gasteiger partial charge in [0.05, 0.1) is 0 Å². The molecule has 4 heteroatoms. The number of benzene rings is 1. The molecule has 1 rings (SSSR count). The molecule has 0 unspecified atom stereocenters. The molecule has 0 spiro atoms. The van der Waals surface area contributed by atoms with Crippen LogP contribution in [0.1, 0.15) is 40.2 Å². The van der Waals surface area contributed by atoms with Gasteiger partial charge in [0, 0.05) is 6.10 Å². The first-order valence-corrected chi connectivity index (χ1v) is 14.4. The summed E-state index contributed by atoms with van der Waals surface area (Å²) in [6.45, 7) is 20.0. The highest BCUT2D eigenvalue weighted by atomic mass is 28.4. The Morgan fingerprint density at radius 2 is 1.65 bits per heavy atom. The molecule has 1 aromatic carbocycles. The number of hydrogen-bond acceptors (Lipinski definition) is 2. The van der Waals surface area contributed by atoms with Gasteiger partial charge in [0.1, 0.15) is 5.75 Å². The van der Waals surface area contributed by atoms with E-state index < -0.39 is 16.6 Å². The van der Waals surface area contributed by atoms with Crippen molar-refractivity contribution in [1.82, 2.24) is 0 Å². The third-order valence-corrected chi connectivity index (χ3v) is 10.7. The predicted molar refractivity (Wildman–Crippen MR) is 107 cm³/mol. The zero-order valence-corrected chi connectivity index (χ0v) is 18.4. The maximum Gasteiger partial charge on any atom is 0.250 e. The summed E-state index contributed by atoms with van der Waals surface area (Å²) < 4.78 is 12.4. The van der Waals surface area contributed by atoms with Crippen molar-refractivity contribution in [3.8, 4) is 5.75 Å². The fourth-order valence-corrected chi connectivity index (χ4v) is 4.98. The van der Waals surface area contributed by atoms with Crippen molar-refractivity contribution >= 4 is 22.7 Å². The largest absolute Gasteiger partial charge is 0.543 e. The zero-order valence-electron chi connectivity index (χ0n) is 16.4. The van der Waals surface area contributed by atoms with Gasteiger partial charge in [0.15, 0.2) is 0 Å². The van der Waals surface area contributed by atoms with Gasteiger partial charge in [-0.05, 0) is 62.8 Å². The van der Waals surface area contributed by atoms with E-state index in [0.717, 1.165) is 5.75 Å². The first-order valence-electron chi connectivity index (χ1n) is 8.48. The third-order valence-electron chi connectivity index (χ3n) is 4.25. The topological polar surface area (TPSA) is 18.5 Å². The Balaban J connectivity index is 2.90. The van der Waals surface area contributed by atoms with Gasteiger partial charge >= 0.3 is 0 Å². The molecule has 0 amide bonds. The normalized spacial score (nSPS) is 13.8. The molecule has 1 aromatic rings. The smallest absolute Gasteiger partial charge is 0.250 e. The maximum absolute atomic E-state index is 6.39. The van der Waals surface area contributed by atoms with Crippen LogP contribution in [0.2, 0.25) is 31.2 Å². The first-order chi connectivity index (χ1) is 10.3. The molecule has 23 heavy (non-hydrogen) atoms. The molecule has 0 saturated heterocycles. The lowest BCUT2D eigenvalue weighted by Gasteiger charge is -2.36. The van der Waals surface area contributed by atoms with Gasteiger partial charge in [-0.15, -0.1) is 0 Å². The second-order valence-electron chi connectivity index (χ2n) is 8.54. The van der Waals surface area contributed by atoms with E-state index in [9.17, 15) is 0 Å². The second-order valence-corrected chi connectivity index (χ2v) is 17.0. The lowest BCUT2D eigenvalue weighted by atomic mass is 10.2. The molecule has 0 aliphatic rings. The Morgan fingerprint density at radius 3 is 2.17 bits per heavy atom. The Hall–Kier alpha value is -0.846. The van der Waals surface area contributed by atoms with E-state index in [0.29, 0.717) is 0 Å². The molecular formula is C19H34O2Si2. The van der Waals surface area contributed by atoms with Crippen LogP contribution in [0.5, 0.6) is 5.75 Å². The van der Waals surface area contributed by atoms with Crippen LogP contribution >= 0.6 is 0 Å². The standard InChI is InChI=1S/C19H34O2Si2/c1-16(2)20-22(6,7)14-13-17-11-10-12-18(15-17)21-23(8,9)19(3,4)5/h10-16H,1-9H3/b14-13+. The minimum Gasteiger partial charge on any atom is -0.543 e. The fraction of sp³-hybridized carbons (Fsp3) is 0.579. The third kappa shape index (κ3) is 6.65. The quantitative estimate of drug-likeness (QED) is 0.564. The summed E-state index contributed by atoms with van der Waals surface area (Å²) in [5.41, 5.74) is 3.42. The van der Waals surface area contributed by atoms with Gasteiger partial charge in [-0.25, -0.2) is 0 Å². The molecule has 0 atom stereocenters. The summed E-state index contributed by atoms with van der Waals surface area (Å²) in [4.78, 5) is 0. The van der Waals surface area contributed by atoms with Crippen molar-refractivity contribution in [1.29, 1.82) is 0 Å². The summed E-state index contributed by atoms with van der Waals surface area (Å²) in [7, 11) is -3.55. The van der Waals surface area contributed by atoms with Gasteiger partial charge in [-0.1, -0.05) is 44.7 Å². The van der Waals surface area contributed by atoms with Crippen molar-refractivity contribution in [2.75, 3.05) is 0 Å². The van der Waals surface area contributed by atoms with Crippen molar-refractivity contribution in [2.24, 2.45) is 0 Å². The Morgan fingerprint density at radius 1 is 1.04 bits per heavy atom. The highest BCUT2D eigenvalue weighted by molar-refractivity contribution is 6.77. The van der Waals surface area contributed by atoms with Crippen molar-refractivity contribution in [2.45, 2.75) is 71.9 Å². The molecular weight excluding hydrogens is 316 g/mol. The monoisotopic (exact) mass is 350 g/mol. The van der Waals surface area contributed by atoms with Gasteiger partial charge < -0.3 is 8.85 Å². The van der Waals surface area contributed by atoms with Crippen molar-refractivity contribution in [3.05, 3.63) is 35.5 Å². The summed E-state index contributed by atoms with van der Waals surface area (Å²) in [6.07, 6.45) is 2.45. The van der Waals surface area contributed by atoms with Crippen LogP contribution in [-0.4, -0.2) is 22.7 Å². The van der Waals surface area contributed by atoms with E-state index >= 15 is 0 Å². The van der Waals surface area contributed by atoms with Crippen molar-refractivity contribution < 1.29 is 8.85 Å². The fourth-order valence-electron chi connectivity index (χ4n) is 2.07. The van der Waals surface area contributed by atoms with E-state index in [4.69, 9.17) is 8.85 Å². The minimum atomic E-state index is -1.79. The molecule has 0 aromatic heterocycles.